The van der Waals surface area contributed by atoms with Gasteiger partial charge < -0.3 is 4.74 Å². The molecular weight excluding hydrogens is 328 g/mol. The lowest BCUT2D eigenvalue weighted by molar-refractivity contribution is -0.130. The van der Waals surface area contributed by atoms with Crippen molar-refractivity contribution >= 4 is 22.7 Å². The van der Waals surface area contributed by atoms with Gasteiger partial charge in [-0.2, -0.15) is 5.10 Å². The fraction of sp³-hybridized carbons (Fsp3) is 0.200. The first-order valence-corrected chi connectivity index (χ1v) is 8.38. The van der Waals surface area contributed by atoms with E-state index in [1.54, 1.807) is 24.5 Å². The van der Waals surface area contributed by atoms with Crippen LogP contribution in [0.4, 0.5) is 0 Å². The summed E-state index contributed by atoms with van der Waals surface area (Å²) in [5, 5.41) is 6.13. The van der Waals surface area contributed by atoms with Crippen molar-refractivity contribution in [3.05, 3.63) is 66.0 Å². The molecular formula is C20H18N4O2. The number of benzene rings is 2. The number of aromatic nitrogens is 2. The Morgan fingerprint density at radius 3 is 2.69 bits per heavy atom. The van der Waals surface area contributed by atoms with E-state index in [1.807, 2.05) is 42.5 Å². The molecule has 0 N–H and O–H groups in total. The lowest BCUT2D eigenvalue weighted by Crippen LogP contribution is -2.24. The number of rotatable bonds is 3. The Kier molecular flexibility index (Phi) is 4.08. The Balaban J connectivity index is 1.71. The van der Waals surface area contributed by atoms with Crippen molar-refractivity contribution in [2.24, 2.45) is 5.10 Å². The summed E-state index contributed by atoms with van der Waals surface area (Å²) in [4.78, 5) is 20.8. The maximum absolute atomic E-state index is 12.2. The first-order valence-electron chi connectivity index (χ1n) is 8.38. The molecule has 1 atom stereocenters. The fourth-order valence-electron chi connectivity index (χ4n) is 3.22. The molecule has 130 valence electrons. The largest absolute Gasteiger partial charge is 0.497 e. The van der Waals surface area contributed by atoms with Gasteiger partial charge in [0.05, 0.1) is 29.9 Å². The lowest BCUT2D eigenvalue weighted by Gasteiger charge is -2.20. The number of nitrogens with zero attached hydrogens (tertiary/aromatic N) is 4. The molecule has 3 aromatic rings. The Morgan fingerprint density at radius 2 is 1.92 bits per heavy atom. The van der Waals surface area contributed by atoms with Crippen molar-refractivity contribution in [3.8, 4) is 5.75 Å². The molecule has 1 aromatic heterocycles. The maximum Gasteiger partial charge on any atom is 0.240 e. The molecule has 0 saturated carbocycles. The molecule has 1 aliphatic rings. The highest BCUT2D eigenvalue weighted by Gasteiger charge is 2.31. The molecule has 1 aliphatic heterocycles. The van der Waals surface area contributed by atoms with Gasteiger partial charge in [-0.3, -0.25) is 14.8 Å². The van der Waals surface area contributed by atoms with Crippen LogP contribution >= 0.6 is 0 Å². The SMILES string of the molecule is COc1cccc(C2=NN(C(C)=O)C(c3ccc4nccnc4c3)C2)c1. The van der Waals surface area contributed by atoms with Crippen LogP contribution in [0.1, 0.15) is 30.5 Å². The van der Waals surface area contributed by atoms with Gasteiger partial charge in [-0.15, -0.1) is 0 Å². The number of ether oxygens (including phenoxy) is 1. The van der Waals surface area contributed by atoms with Crippen LogP contribution in [0.3, 0.4) is 0 Å². The smallest absolute Gasteiger partial charge is 0.240 e. The molecule has 0 spiro atoms. The number of amides is 1. The summed E-state index contributed by atoms with van der Waals surface area (Å²) >= 11 is 0. The number of hydrazone groups is 1. The molecule has 6 nitrogen and oxygen atoms in total. The number of hydrogen-bond donors (Lipinski definition) is 0. The topological polar surface area (TPSA) is 67.7 Å². The van der Waals surface area contributed by atoms with Crippen molar-refractivity contribution in [2.45, 2.75) is 19.4 Å². The van der Waals surface area contributed by atoms with E-state index < -0.39 is 0 Å². The Hall–Kier alpha value is -3.28. The van der Waals surface area contributed by atoms with Crippen molar-refractivity contribution in [3.63, 3.8) is 0 Å². The second-order valence-electron chi connectivity index (χ2n) is 6.17. The number of carbonyl (C=O) groups excluding carboxylic acids is 1. The molecule has 4 rings (SSSR count). The molecule has 0 radical (unpaired) electrons. The van der Waals surface area contributed by atoms with Crippen molar-refractivity contribution < 1.29 is 9.53 Å². The number of carbonyl (C=O) groups is 1. The van der Waals surface area contributed by atoms with Gasteiger partial charge in [-0.1, -0.05) is 18.2 Å². The Labute approximate surface area is 151 Å². The van der Waals surface area contributed by atoms with Crippen molar-refractivity contribution in [1.29, 1.82) is 0 Å². The molecule has 0 saturated heterocycles. The molecule has 6 heteroatoms. The van der Waals surface area contributed by atoms with E-state index in [0.29, 0.717) is 6.42 Å². The predicted octanol–water partition coefficient (Wildman–Crippen LogP) is 3.34. The normalized spacial score (nSPS) is 16.6. The van der Waals surface area contributed by atoms with Gasteiger partial charge in [0.15, 0.2) is 0 Å². The van der Waals surface area contributed by atoms with Gasteiger partial charge in [0.2, 0.25) is 5.91 Å². The van der Waals surface area contributed by atoms with Crippen LogP contribution in [-0.2, 0) is 4.79 Å². The highest BCUT2D eigenvalue weighted by Crippen LogP contribution is 2.34. The Bertz CT molecular complexity index is 1020. The van der Waals surface area contributed by atoms with E-state index >= 15 is 0 Å². The van der Waals surface area contributed by atoms with Crippen molar-refractivity contribution in [2.75, 3.05) is 7.11 Å². The maximum atomic E-state index is 12.2. The van der Waals surface area contributed by atoms with E-state index in [2.05, 4.69) is 15.1 Å². The second-order valence-corrected chi connectivity index (χ2v) is 6.17. The van der Waals surface area contributed by atoms with Crippen LogP contribution in [0.5, 0.6) is 5.75 Å². The molecule has 2 heterocycles. The molecule has 1 amide bonds. The minimum absolute atomic E-state index is 0.0906. The van der Waals surface area contributed by atoms with Crippen LogP contribution in [0.2, 0.25) is 0 Å². The van der Waals surface area contributed by atoms with Crippen LogP contribution in [0.25, 0.3) is 11.0 Å². The molecule has 1 unspecified atom stereocenters. The zero-order valence-electron chi connectivity index (χ0n) is 14.6. The summed E-state index contributed by atoms with van der Waals surface area (Å²) in [7, 11) is 1.64. The Morgan fingerprint density at radius 1 is 1.12 bits per heavy atom. The minimum Gasteiger partial charge on any atom is -0.497 e. The van der Waals surface area contributed by atoms with Crippen LogP contribution in [0.15, 0.2) is 60.0 Å². The number of methoxy groups -OCH3 is 1. The molecule has 26 heavy (non-hydrogen) atoms. The number of fused-ring (bicyclic) bond motifs is 1. The summed E-state index contributed by atoms with van der Waals surface area (Å²) < 4.78 is 5.30. The van der Waals surface area contributed by atoms with E-state index in [1.165, 1.54) is 6.92 Å². The highest BCUT2D eigenvalue weighted by atomic mass is 16.5. The van der Waals surface area contributed by atoms with Gasteiger partial charge >= 0.3 is 0 Å². The molecule has 0 bridgehead atoms. The third-order valence-corrected chi connectivity index (χ3v) is 4.51. The lowest BCUT2D eigenvalue weighted by atomic mass is 9.98. The van der Waals surface area contributed by atoms with Gasteiger partial charge in [-0.25, -0.2) is 5.01 Å². The zero-order chi connectivity index (χ0) is 18.1. The zero-order valence-corrected chi connectivity index (χ0v) is 14.6. The molecule has 2 aromatic carbocycles. The monoisotopic (exact) mass is 346 g/mol. The quantitative estimate of drug-likeness (QED) is 0.729. The summed E-state index contributed by atoms with van der Waals surface area (Å²) in [6, 6.07) is 13.5. The van der Waals surface area contributed by atoms with E-state index in [4.69, 9.17) is 4.74 Å². The average molecular weight is 346 g/mol. The molecule has 0 aliphatic carbocycles. The molecule has 0 fully saturated rings. The van der Waals surface area contributed by atoms with E-state index in [9.17, 15) is 4.79 Å². The highest BCUT2D eigenvalue weighted by molar-refractivity contribution is 6.03. The fourth-order valence-corrected chi connectivity index (χ4v) is 3.22. The van der Waals surface area contributed by atoms with Crippen LogP contribution < -0.4 is 4.74 Å². The first kappa shape index (κ1) is 16.2. The van der Waals surface area contributed by atoms with Gasteiger partial charge in [0.1, 0.15) is 5.75 Å². The van der Waals surface area contributed by atoms with E-state index in [0.717, 1.165) is 33.6 Å². The number of hydrogen-bond acceptors (Lipinski definition) is 5. The summed E-state index contributed by atoms with van der Waals surface area (Å²) in [5.74, 6) is 0.677. The van der Waals surface area contributed by atoms with Gasteiger partial charge in [0.25, 0.3) is 0 Å². The summed E-state index contributed by atoms with van der Waals surface area (Å²) in [6.45, 7) is 1.53. The van der Waals surface area contributed by atoms with Crippen molar-refractivity contribution in [1.82, 2.24) is 15.0 Å². The second kappa shape index (κ2) is 6.55. The minimum atomic E-state index is -0.153. The van der Waals surface area contributed by atoms with Gasteiger partial charge in [0, 0.05) is 31.3 Å². The summed E-state index contributed by atoms with van der Waals surface area (Å²) in [5.41, 5.74) is 4.46. The average Bonchev–Trinajstić information content (AvgIpc) is 3.13. The summed E-state index contributed by atoms with van der Waals surface area (Å²) in [6.07, 6.45) is 3.98. The first-order chi connectivity index (χ1) is 12.7. The third-order valence-electron chi connectivity index (χ3n) is 4.51. The van der Waals surface area contributed by atoms with E-state index in [-0.39, 0.29) is 11.9 Å². The van der Waals surface area contributed by atoms with Crippen LogP contribution in [-0.4, -0.2) is 33.7 Å². The predicted molar refractivity (Wildman–Crippen MR) is 98.9 cm³/mol. The van der Waals surface area contributed by atoms with Crippen LogP contribution in [0, 0.1) is 0 Å². The standard InChI is InChI=1S/C20H18N4O2/c1-13(25)24-20(15-6-7-17-19(11-15)22-9-8-21-17)12-18(23-24)14-4-3-5-16(10-14)26-2/h3-11,20H,12H2,1-2H3. The van der Waals surface area contributed by atoms with Gasteiger partial charge in [-0.05, 0) is 29.8 Å². The third kappa shape index (κ3) is 2.90.